The number of aryl methyl sites for hydroxylation is 1. The van der Waals surface area contributed by atoms with Crippen molar-refractivity contribution in [1.29, 1.82) is 0 Å². The second-order valence-electron chi connectivity index (χ2n) is 6.26. The van der Waals surface area contributed by atoms with Crippen molar-refractivity contribution < 1.29 is 30.1 Å². The van der Waals surface area contributed by atoms with Crippen LogP contribution in [0.25, 0.3) is 11.1 Å². The number of aliphatic hydroxyl groups is 1. The van der Waals surface area contributed by atoms with Crippen molar-refractivity contribution in [3.63, 3.8) is 0 Å². The molecule has 0 saturated heterocycles. The van der Waals surface area contributed by atoms with Gasteiger partial charge in [0, 0.05) is 9.29 Å². The zero-order valence-electron chi connectivity index (χ0n) is 26.7. The van der Waals surface area contributed by atoms with Gasteiger partial charge in [-0.05, 0) is 60.6 Å². The smallest absolute Gasteiger partial charge is 0.335 e. The number of carboxylic acid groups (broad SMARTS) is 1. The second kappa shape index (κ2) is 10.0. The highest BCUT2D eigenvalue weighted by Gasteiger charge is 2.07. The maximum absolute atomic E-state index is 11.7. The molecule has 0 aliphatic rings. The molecule has 0 amide bonds. The first-order chi connectivity index (χ1) is 18.4. The Balaban J connectivity index is 1.99. The van der Waals surface area contributed by atoms with Gasteiger partial charge in [-0.1, -0.05) is 66.1 Å². The van der Waals surface area contributed by atoms with Gasteiger partial charge in [-0.15, -0.1) is 0 Å². The largest absolute Gasteiger partial charge is 0.478 e. The van der Waals surface area contributed by atoms with Crippen LogP contribution in [-0.4, -0.2) is 29.2 Å². The fourth-order valence-electron chi connectivity index (χ4n) is 2.56. The Morgan fingerprint density at radius 1 is 1.21 bits per heavy atom. The van der Waals surface area contributed by atoms with Crippen LogP contribution in [-0.2, 0) is 6.42 Å². The minimum absolute atomic E-state index is 0.210. The topological polar surface area (TPSA) is 69.6 Å². The number of hydrogen-bond acceptors (Lipinski definition) is 3. The fourth-order valence-corrected chi connectivity index (χ4v) is 2.56. The second-order valence-corrected chi connectivity index (χ2v) is 6.26. The van der Waals surface area contributed by atoms with Crippen LogP contribution in [0.4, 0.5) is 0 Å². The van der Waals surface area contributed by atoms with E-state index in [0.717, 1.165) is 5.56 Å². The molecule has 3 rings (SSSR count). The maximum Gasteiger partial charge on any atom is 0.335 e. The number of carbonyl (C=O) groups is 1. The third-order valence-electron chi connectivity index (χ3n) is 4.00. The molecule has 4 heteroatoms. The molecule has 150 valence electrons. The Hall–Kier alpha value is -2.95. The summed E-state index contributed by atoms with van der Waals surface area (Å²) < 4.78 is 90.6. The molecule has 0 heterocycles. The summed E-state index contributed by atoms with van der Waals surface area (Å²) >= 11 is 0. The molecule has 0 unspecified atom stereocenters. The van der Waals surface area contributed by atoms with E-state index < -0.39 is 96.5 Å². The van der Waals surface area contributed by atoms with Gasteiger partial charge in [0.25, 0.3) is 0 Å². The van der Waals surface area contributed by atoms with Crippen molar-refractivity contribution >= 4 is 5.97 Å². The molecule has 1 atom stereocenters. The molecule has 3 aromatic rings. The molecule has 3 aromatic carbocycles. The zero-order chi connectivity index (χ0) is 30.3. The predicted molar refractivity (Wildman–Crippen MR) is 116 cm³/mol. The molecule has 29 heavy (non-hydrogen) atoms. The average molecular weight is 401 g/mol. The maximum atomic E-state index is 11.7. The number of rotatable bonds is 9. The summed E-state index contributed by atoms with van der Waals surface area (Å²) in [7, 11) is 0. The molecule has 0 spiro atoms. The van der Waals surface area contributed by atoms with Crippen molar-refractivity contribution in [2.45, 2.75) is 25.8 Å². The summed E-state index contributed by atoms with van der Waals surface area (Å²) in [6.07, 6.45) is -2.90. The van der Waals surface area contributed by atoms with E-state index in [9.17, 15) is 15.0 Å². The molecule has 0 saturated carbocycles. The third-order valence-corrected chi connectivity index (χ3v) is 4.00. The van der Waals surface area contributed by atoms with E-state index in [1.165, 1.54) is 6.07 Å². The SMILES string of the molecule is [2H]c1c([2H])c(CCC([2H])([2H])NC[C@]([2H])(O)c2cccc(C)c2)c([2H])c(-c2c([2H])c([2H])c([2H])c(C(=O)O)c2[2H])c1[2H]. The van der Waals surface area contributed by atoms with Gasteiger partial charge in [0.05, 0.1) is 24.0 Å². The van der Waals surface area contributed by atoms with Gasteiger partial charge in [-0.2, -0.15) is 0 Å². The number of benzene rings is 3. The van der Waals surface area contributed by atoms with Crippen LogP contribution in [0.3, 0.4) is 0 Å². The summed E-state index contributed by atoms with van der Waals surface area (Å²) in [5, 5.41) is 22.5. The average Bonchev–Trinajstić information content (AvgIpc) is 2.87. The summed E-state index contributed by atoms with van der Waals surface area (Å²) in [6.45, 7) is -0.944. The lowest BCUT2D eigenvalue weighted by atomic mass is 9.99. The highest BCUT2D eigenvalue weighted by molar-refractivity contribution is 5.89. The first-order valence-electron chi connectivity index (χ1n) is 14.4. The summed E-state index contributed by atoms with van der Waals surface area (Å²) in [4.78, 5) is 11.7. The Bertz CT molecular complexity index is 1490. The van der Waals surface area contributed by atoms with E-state index in [-0.39, 0.29) is 17.5 Å². The molecular formula is C25H27NO3. The lowest BCUT2D eigenvalue weighted by Crippen LogP contribution is -2.22. The minimum atomic E-state index is -2.22. The van der Waals surface area contributed by atoms with Crippen LogP contribution in [0.5, 0.6) is 0 Å². The van der Waals surface area contributed by atoms with Crippen molar-refractivity contribution in [1.82, 2.24) is 5.32 Å². The van der Waals surface area contributed by atoms with Gasteiger partial charge in [-0.3, -0.25) is 0 Å². The minimum Gasteiger partial charge on any atom is -0.478 e. The quantitative estimate of drug-likeness (QED) is 0.490. The Morgan fingerprint density at radius 3 is 2.72 bits per heavy atom. The molecule has 0 radical (unpaired) electrons. The van der Waals surface area contributed by atoms with Crippen LogP contribution < -0.4 is 5.32 Å². The van der Waals surface area contributed by atoms with Gasteiger partial charge in [0.15, 0.2) is 0 Å². The number of carboxylic acids is 1. The number of hydrogen-bond donors (Lipinski definition) is 3. The molecule has 0 bridgehead atoms. The van der Waals surface area contributed by atoms with Gasteiger partial charge in [0.2, 0.25) is 0 Å². The van der Waals surface area contributed by atoms with E-state index in [4.69, 9.17) is 15.1 Å². The Kier molecular flexibility index (Phi) is 3.70. The van der Waals surface area contributed by atoms with Crippen molar-refractivity contribution in [3.05, 3.63) is 94.9 Å². The molecule has 3 N–H and O–H groups in total. The molecule has 4 nitrogen and oxygen atoms in total. The predicted octanol–water partition coefficient (Wildman–Crippen LogP) is 4.62. The standard InChI is InChI=1S/C25H27NO3/c1-18-6-2-11-22(14-18)24(27)17-26-13-5-8-19-7-3-9-20(15-19)21-10-4-12-23(16-21)25(28)29/h2-4,6-7,9-12,14-16,24,26-27H,5,8,13,17H2,1H3,(H,28,29)/t24-/m0/s1/i3D,4D,7D,9D,10D,12D,13D2,15D,16D,24D. The fraction of sp³-hybridized carbons (Fsp3) is 0.240. The lowest BCUT2D eigenvalue weighted by Gasteiger charge is -2.13. The van der Waals surface area contributed by atoms with Crippen molar-refractivity contribution in [2.75, 3.05) is 13.0 Å². The summed E-state index contributed by atoms with van der Waals surface area (Å²) in [5.74, 6) is -1.72. The van der Waals surface area contributed by atoms with Crippen LogP contribution in [0.2, 0.25) is 0 Å². The first-order valence-corrected chi connectivity index (χ1v) is 8.89. The highest BCUT2D eigenvalue weighted by Crippen LogP contribution is 2.22. The molecule has 0 aliphatic carbocycles. The van der Waals surface area contributed by atoms with Crippen LogP contribution in [0.15, 0.2) is 72.6 Å². The molecule has 0 aliphatic heterocycles. The lowest BCUT2D eigenvalue weighted by molar-refractivity contribution is 0.0697. The first kappa shape index (κ1) is 10.7. The van der Waals surface area contributed by atoms with E-state index >= 15 is 0 Å². The van der Waals surface area contributed by atoms with Gasteiger partial charge in [0.1, 0.15) is 0 Å². The molecule has 0 aromatic heterocycles. The number of nitrogens with one attached hydrogen (secondary N) is 1. The van der Waals surface area contributed by atoms with E-state index in [2.05, 4.69) is 5.32 Å². The number of aromatic carboxylic acids is 1. The molecular weight excluding hydrogens is 362 g/mol. The normalized spacial score (nSPS) is 18.9. The van der Waals surface area contributed by atoms with E-state index in [1.807, 2.05) is 0 Å². The monoisotopic (exact) mass is 400 g/mol. The Morgan fingerprint density at radius 2 is 1.97 bits per heavy atom. The zero-order valence-corrected chi connectivity index (χ0v) is 15.7. The van der Waals surface area contributed by atoms with E-state index in [0.29, 0.717) is 0 Å². The van der Waals surface area contributed by atoms with Crippen LogP contribution >= 0.6 is 0 Å². The summed E-state index contributed by atoms with van der Waals surface area (Å²) in [6, 6.07) is 0.550. The Labute approximate surface area is 187 Å². The van der Waals surface area contributed by atoms with Crippen molar-refractivity contribution in [3.8, 4) is 11.1 Å². The van der Waals surface area contributed by atoms with Gasteiger partial charge in [-0.25, -0.2) is 4.79 Å². The van der Waals surface area contributed by atoms with Gasteiger partial charge >= 0.3 is 5.97 Å². The summed E-state index contributed by atoms with van der Waals surface area (Å²) in [5.41, 5.74) is -1.21. The van der Waals surface area contributed by atoms with Crippen molar-refractivity contribution in [2.24, 2.45) is 0 Å². The third kappa shape index (κ3) is 6.01. The van der Waals surface area contributed by atoms with Gasteiger partial charge < -0.3 is 15.5 Å². The molecule has 0 fully saturated rings. The van der Waals surface area contributed by atoms with E-state index in [1.54, 1.807) is 25.1 Å². The van der Waals surface area contributed by atoms with Crippen LogP contribution in [0, 0.1) is 6.92 Å². The van der Waals surface area contributed by atoms with Crippen LogP contribution in [0.1, 0.15) is 54.6 Å². The highest BCUT2D eigenvalue weighted by atomic mass is 16.4.